The number of nitrogens with one attached hydrogen (secondary N) is 2. The van der Waals surface area contributed by atoms with E-state index < -0.39 is 95.0 Å². The van der Waals surface area contributed by atoms with Gasteiger partial charge in [-0.15, -0.1) is 0 Å². The molecule has 18 nitrogen and oxygen atoms in total. The lowest BCUT2D eigenvalue weighted by atomic mass is 9.78. The molecule has 0 saturated carbocycles. The molecule has 9 atom stereocenters. The molecule has 1 unspecified atom stereocenters. The first-order chi connectivity index (χ1) is 36.0. The molecule has 7 N–H and O–H groups in total. The number of esters is 1. The normalized spacial score (nSPS) is 22.1. The minimum Gasteiger partial charge on any atom is -0.508 e. The van der Waals surface area contributed by atoms with E-state index in [1.54, 1.807) is 57.7 Å². The number of anilines is 1. The number of halogens is 1. The van der Waals surface area contributed by atoms with Gasteiger partial charge in [-0.3, -0.25) is 24.2 Å². The second kappa shape index (κ2) is 26.8. The Morgan fingerprint density at radius 3 is 2.17 bits per heavy atom. The monoisotopic (exact) mass is 1180 g/mol. The van der Waals surface area contributed by atoms with Crippen LogP contribution in [0.2, 0.25) is 0 Å². The first-order valence-corrected chi connectivity index (χ1v) is 28.0. The lowest BCUT2D eigenvalue weighted by Crippen LogP contribution is -2.51. The van der Waals surface area contributed by atoms with Crippen LogP contribution in [0.3, 0.4) is 0 Å². The summed E-state index contributed by atoms with van der Waals surface area (Å²) in [6, 6.07) is 10.3. The number of para-hydroxylation sites is 1. The van der Waals surface area contributed by atoms with Gasteiger partial charge in [-0.05, 0) is 51.8 Å². The lowest BCUT2D eigenvalue weighted by Gasteiger charge is -2.39. The number of benzene rings is 1. The Labute approximate surface area is 469 Å². The average molecular weight is 1190 g/mol. The molecule has 0 bridgehead atoms. The van der Waals surface area contributed by atoms with Gasteiger partial charge in [0.15, 0.2) is 0 Å². The molecule has 3 heterocycles. The number of fused-ring (bicyclic) bond motifs is 1. The Balaban J connectivity index is 1.28. The van der Waals surface area contributed by atoms with Crippen LogP contribution in [-0.4, -0.2) is 163 Å². The SMILES string of the molecule is C=C1C2=NC3(CCN(CC(C)I)CC3)NC2=C(NC(=O)/C(C)=C\C=C\[C@H](C)[C@H](O)[C@@H](C)[C@@H](O)[C@@H](C)[C@H](OC(=O)CC(=O)N2CCC(N(C)c3ccccc3)CC2)[C@H](C)[C@H](/C=C/OC(C)(C)O)OC)C(=O)/C1=C(\O)C(C)(C)O. The zero-order valence-corrected chi connectivity index (χ0v) is 49.2. The summed E-state index contributed by atoms with van der Waals surface area (Å²) in [5.41, 5.74) is -0.877. The molecule has 2 amide bonds. The van der Waals surface area contributed by atoms with Gasteiger partial charge in [-0.25, -0.2) is 0 Å². The van der Waals surface area contributed by atoms with Crippen molar-refractivity contribution in [3.05, 3.63) is 101 Å². The van der Waals surface area contributed by atoms with E-state index in [0.29, 0.717) is 41.3 Å². The number of ketones is 1. The maximum Gasteiger partial charge on any atom is 0.315 e. The minimum atomic E-state index is -1.80. The summed E-state index contributed by atoms with van der Waals surface area (Å²) in [5.74, 6) is -7.35. The number of Topliss-reactive ketones (excluding diaryl/α,β-unsaturated/α-hetero) is 1. The maximum atomic E-state index is 14.2. The second-order valence-corrected chi connectivity index (χ2v) is 24.6. The van der Waals surface area contributed by atoms with Gasteiger partial charge in [0.1, 0.15) is 35.2 Å². The molecule has 0 aromatic heterocycles. The molecule has 19 heteroatoms. The summed E-state index contributed by atoms with van der Waals surface area (Å²) in [4.78, 5) is 66.7. The molecule has 1 aromatic rings. The number of allylic oxidation sites excluding steroid dienone is 4. The Bertz CT molecular complexity index is 2460. The fraction of sp³-hybridized carbons (Fsp3) is 0.603. The highest BCUT2D eigenvalue weighted by atomic mass is 127. The van der Waals surface area contributed by atoms with Crippen molar-refractivity contribution in [1.82, 2.24) is 20.4 Å². The Kier molecular flexibility index (Phi) is 21.9. The number of amides is 2. The Morgan fingerprint density at radius 1 is 0.974 bits per heavy atom. The zero-order chi connectivity index (χ0) is 57.3. The molecular weight excluding hydrogens is 1100 g/mol. The predicted octanol–water partition coefficient (Wildman–Crippen LogP) is 6.17. The van der Waals surface area contributed by atoms with Crippen LogP contribution >= 0.6 is 22.6 Å². The number of aliphatic imine (C=N–C) groups is 1. The molecule has 1 aliphatic carbocycles. The van der Waals surface area contributed by atoms with Crippen LogP contribution in [0.1, 0.15) is 101 Å². The summed E-state index contributed by atoms with van der Waals surface area (Å²) in [7, 11) is 3.50. The van der Waals surface area contributed by atoms with Crippen LogP contribution in [0.5, 0.6) is 0 Å². The van der Waals surface area contributed by atoms with E-state index in [1.165, 1.54) is 47.1 Å². The molecule has 5 rings (SSSR count). The van der Waals surface area contributed by atoms with E-state index >= 15 is 0 Å². The number of alkyl halides is 1. The largest absolute Gasteiger partial charge is 0.508 e. The van der Waals surface area contributed by atoms with Crippen molar-refractivity contribution in [3.8, 4) is 0 Å². The van der Waals surface area contributed by atoms with E-state index in [9.17, 15) is 44.7 Å². The molecule has 1 spiro atoms. The maximum absolute atomic E-state index is 14.2. The number of piperidine rings is 2. The molecule has 2 fully saturated rings. The number of aliphatic hydroxyl groups excluding tert-OH is 3. The summed E-state index contributed by atoms with van der Waals surface area (Å²) in [5, 5.41) is 61.9. The summed E-state index contributed by atoms with van der Waals surface area (Å²) >= 11 is 2.40. The number of likely N-dealkylation sites (tertiary alicyclic amines) is 2. The standard InChI is InChI=1S/C58H85IN6O12/c1-34(18-17-19-35(2)55(72)60-49-48-47(38(5)46(52(49)70)54(71)56(8,9)73)61-58(62-48)25-29-64(30-26-58)33-36(3)59)50(68)39(6)51(69)40(7)53(37(4)43(75-13)24-31-76-57(10,11)74)77-45(67)32-44(66)65-27-22-42(23-28-65)63(12)41-20-15-14-16-21-41/h14-21,24,31,34,36-37,39-40,42-43,50-51,53,62,68-69,71,73-74H,5,22-23,25-30,32-33H2,1-4,6-13H3,(H,60,72)/b18-17+,31-24+,35-19-,54-46-/t34-,36?,37+,39+,40+,43-,50-,51+,53+/m0/s1. The molecule has 1 aromatic carbocycles. The molecular formula is C58H85IN6O12. The molecule has 4 aliphatic rings. The van der Waals surface area contributed by atoms with Crippen molar-refractivity contribution in [2.45, 2.75) is 153 Å². The third-order valence-corrected chi connectivity index (χ3v) is 15.7. The van der Waals surface area contributed by atoms with E-state index in [0.717, 1.165) is 38.2 Å². The number of hydrogen-bond donors (Lipinski definition) is 7. The van der Waals surface area contributed by atoms with Gasteiger partial charge in [-0.1, -0.05) is 100 Å². The molecule has 3 aliphatic heterocycles. The number of aliphatic hydroxyl groups is 5. The van der Waals surface area contributed by atoms with Gasteiger partial charge >= 0.3 is 5.97 Å². The predicted molar refractivity (Wildman–Crippen MR) is 306 cm³/mol. The lowest BCUT2D eigenvalue weighted by molar-refractivity contribution is -0.165. The third-order valence-electron chi connectivity index (χ3n) is 15.3. The quantitative estimate of drug-likeness (QED) is 0.00948. The van der Waals surface area contributed by atoms with Crippen LogP contribution in [0.25, 0.3) is 0 Å². The van der Waals surface area contributed by atoms with Crippen molar-refractivity contribution in [3.63, 3.8) is 0 Å². The van der Waals surface area contributed by atoms with Gasteiger partial charge in [0.05, 0.1) is 41.6 Å². The van der Waals surface area contributed by atoms with Gasteiger partial charge in [0.2, 0.25) is 17.5 Å². The highest BCUT2D eigenvalue weighted by molar-refractivity contribution is 14.1. The zero-order valence-electron chi connectivity index (χ0n) is 47.1. The molecule has 426 valence electrons. The number of carbonyl (C=O) groups excluding carboxylic acids is 4. The van der Waals surface area contributed by atoms with Crippen molar-refractivity contribution < 1.29 is 58.9 Å². The minimum absolute atomic E-state index is 0.132. The number of nitrogens with zero attached hydrogens (tertiary/aromatic N) is 4. The Hall–Kier alpha value is -4.90. The summed E-state index contributed by atoms with van der Waals surface area (Å²) in [6.45, 7) is 23.7. The topological polar surface area (TPSA) is 243 Å². The van der Waals surface area contributed by atoms with Crippen LogP contribution in [0.4, 0.5) is 5.69 Å². The van der Waals surface area contributed by atoms with Crippen LogP contribution in [0, 0.1) is 23.7 Å². The average Bonchev–Trinajstić information content (AvgIpc) is 3.77. The van der Waals surface area contributed by atoms with E-state index in [4.69, 9.17) is 19.2 Å². The van der Waals surface area contributed by atoms with Crippen molar-refractivity contribution in [1.29, 1.82) is 0 Å². The molecule has 0 radical (unpaired) electrons. The second-order valence-electron chi connectivity index (χ2n) is 22.4. The summed E-state index contributed by atoms with van der Waals surface area (Å²) < 4.78 is 17.7. The van der Waals surface area contributed by atoms with Crippen molar-refractivity contribution in [2.75, 3.05) is 51.8 Å². The fourth-order valence-corrected chi connectivity index (χ4v) is 11.0. The number of hydrogen-bond acceptors (Lipinski definition) is 16. The van der Waals surface area contributed by atoms with Crippen LogP contribution in [-0.2, 0) is 33.4 Å². The van der Waals surface area contributed by atoms with Crippen LogP contribution in [0.15, 0.2) is 106 Å². The number of rotatable bonds is 23. The van der Waals surface area contributed by atoms with Gasteiger partial charge in [-0.2, -0.15) is 0 Å². The summed E-state index contributed by atoms with van der Waals surface area (Å²) in [6.07, 6.45) is 5.71. The highest BCUT2D eigenvalue weighted by Crippen LogP contribution is 2.40. The van der Waals surface area contributed by atoms with Crippen LogP contribution < -0.4 is 15.5 Å². The van der Waals surface area contributed by atoms with E-state index in [-0.39, 0.29) is 34.4 Å². The first-order valence-electron chi connectivity index (χ1n) is 26.8. The highest BCUT2D eigenvalue weighted by Gasteiger charge is 2.48. The smallest absolute Gasteiger partial charge is 0.315 e. The van der Waals surface area contributed by atoms with Crippen molar-refractivity contribution >= 4 is 57.6 Å². The number of carbonyl (C=O) groups is 4. The van der Waals surface area contributed by atoms with Gasteiger partial charge < -0.3 is 65.1 Å². The third kappa shape index (κ3) is 16.3. The van der Waals surface area contributed by atoms with Crippen molar-refractivity contribution in [2.24, 2.45) is 28.7 Å². The van der Waals surface area contributed by atoms with Gasteiger partial charge in [0, 0.05) is 124 Å². The first kappa shape index (κ1) is 62.9. The molecule has 2 saturated heterocycles. The molecule has 77 heavy (non-hydrogen) atoms. The van der Waals surface area contributed by atoms with E-state index in [2.05, 4.69) is 56.5 Å². The van der Waals surface area contributed by atoms with Gasteiger partial charge in [0.25, 0.3) is 5.91 Å². The number of ether oxygens (including phenoxy) is 3. The van der Waals surface area contributed by atoms with E-state index in [1.807, 2.05) is 37.4 Å². The fourth-order valence-electron chi connectivity index (χ4n) is 10.4. The number of methoxy groups -OCH3 is 1. The Morgan fingerprint density at radius 2 is 1.60 bits per heavy atom.